The number of ketones is 1. The minimum Gasteiger partial charge on any atom is -0.455 e. The Morgan fingerprint density at radius 1 is 1.04 bits per heavy atom. The number of carbonyl (C=O) groups is 3. The maximum atomic E-state index is 11.9. The monoisotopic (exact) mass is 357 g/mol. The Hall–Kier alpha value is -2.60. The Kier molecular flexibility index (Phi) is 6.77. The van der Waals surface area contributed by atoms with Crippen LogP contribution in [0.1, 0.15) is 22.8 Å². The smallest absolute Gasteiger partial charge is 0.316 e. The van der Waals surface area contributed by atoms with Crippen LogP contribution in [0.2, 0.25) is 0 Å². The van der Waals surface area contributed by atoms with Gasteiger partial charge in [-0.1, -0.05) is 30.3 Å². The lowest BCUT2D eigenvalue weighted by atomic mass is 10.1. The zero-order chi connectivity index (χ0) is 18.2. The van der Waals surface area contributed by atoms with E-state index < -0.39 is 11.9 Å². The second-order valence-corrected chi connectivity index (χ2v) is 6.38. The van der Waals surface area contributed by atoms with Gasteiger partial charge >= 0.3 is 5.97 Å². The van der Waals surface area contributed by atoms with Crippen molar-refractivity contribution < 1.29 is 19.1 Å². The molecule has 6 heteroatoms. The molecule has 1 amide bonds. The third kappa shape index (κ3) is 5.76. The van der Waals surface area contributed by atoms with Crippen LogP contribution in [-0.2, 0) is 14.3 Å². The fourth-order valence-corrected chi connectivity index (χ4v) is 2.96. The number of thioether (sulfide) groups is 1. The number of Topliss-reactive ketones (excluding diaryl/α,β-unsaturated/α-hetero) is 1. The zero-order valence-electron chi connectivity index (χ0n) is 14.1. The molecule has 0 aliphatic rings. The van der Waals surface area contributed by atoms with E-state index in [9.17, 15) is 14.4 Å². The molecule has 0 heterocycles. The fraction of sp³-hybridized carbons (Fsp3) is 0.211. The van der Waals surface area contributed by atoms with Crippen LogP contribution in [0.3, 0.4) is 0 Å². The number of amides is 1. The van der Waals surface area contributed by atoms with E-state index in [1.807, 2.05) is 31.2 Å². The number of benzene rings is 2. The molecule has 5 nitrogen and oxygen atoms in total. The minimum absolute atomic E-state index is 0.127. The molecule has 0 spiro atoms. The van der Waals surface area contributed by atoms with E-state index >= 15 is 0 Å². The highest BCUT2D eigenvalue weighted by Crippen LogP contribution is 2.21. The summed E-state index contributed by atoms with van der Waals surface area (Å²) in [4.78, 5) is 36.2. The van der Waals surface area contributed by atoms with Gasteiger partial charge in [0, 0.05) is 10.5 Å². The molecule has 0 atom stereocenters. The minimum atomic E-state index is -0.483. The van der Waals surface area contributed by atoms with Gasteiger partial charge in [0.1, 0.15) is 0 Å². The van der Waals surface area contributed by atoms with Crippen LogP contribution in [0.25, 0.3) is 0 Å². The van der Waals surface area contributed by atoms with Gasteiger partial charge in [0.25, 0.3) is 5.91 Å². The second kappa shape index (κ2) is 9.03. The first-order valence-electron chi connectivity index (χ1n) is 7.71. The second-order valence-electron chi connectivity index (χ2n) is 5.36. The van der Waals surface area contributed by atoms with E-state index in [4.69, 9.17) is 4.74 Å². The van der Waals surface area contributed by atoms with Gasteiger partial charge in [0.2, 0.25) is 0 Å². The number of rotatable bonds is 7. The topological polar surface area (TPSA) is 72.5 Å². The van der Waals surface area contributed by atoms with Gasteiger partial charge in [-0.05, 0) is 37.6 Å². The summed E-state index contributed by atoms with van der Waals surface area (Å²) >= 11 is 1.37. The first-order chi connectivity index (χ1) is 12.0. The van der Waals surface area contributed by atoms with Crippen molar-refractivity contribution in [3.63, 3.8) is 0 Å². The highest BCUT2D eigenvalue weighted by molar-refractivity contribution is 8.00. The van der Waals surface area contributed by atoms with Crippen LogP contribution in [0, 0.1) is 6.92 Å². The van der Waals surface area contributed by atoms with Crippen molar-refractivity contribution in [2.24, 2.45) is 0 Å². The first kappa shape index (κ1) is 18.7. The van der Waals surface area contributed by atoms with Crippen molar-refractivity contribution >= 4 is 35.1 Å². The summed E-state index contributed by atoms with van der Waals surface area (Å²) in [6.07, 6.45) is 0. The van der Waals surface area contributed by atoms with E-state index in [1.54, 1.807) is 24.3 Å². The molecule has 2 rings (SSSR count). The Bertz CT molecular complexity index is 788. The summed E-state index contributed by atoms with van der Waals surface area (Å²) in [5, 5.41) is 2.59. The van der Waals surface area contributed by atoms with Crippen molar-refractivity contribution in [1.82, 2.24) is 0 Å². The average molecular weight is 357 g/mol. The number of anilines is 1. The Morgan fingerprint density at radius 2 is 1.72 bits per heavy atom. The predicted molar refractivity (Wildman–Crippen MR) is 97.9 cm³/mol. The summed E-state index contributed by atoms with van der Waals surface area (Å²) in [5.41, 5.74) is 1.90. The van der Waals surface area contributed by atoms with E-state index in [2.05, 4.69) is 5.32 Å². The predicted octanol–water partition coefficient (Wildman–Crippen LogP) is 3.47. The quantitative estimate of drug-likeness (QED) is 0.467. The highest BCUT2D eigenvalue weighted by Gasteiger charge is 2.12. The molecule has 0 radical (unpaired) electrons. The molecule has 0 saturated heterocycles. The van der Waals surface area contributed by atoms with E-state index in [0.717, 1.165) is 10.5 Å². The maximum absolute atomic E-state index is 11.9. The van der Waals surface area contributed by atoms with Gasteiger partial charge in [-0.15, -0.1) is 11.8 Å². The van der Waals surface area contributed by atoms with Gasteiger partial charge in [-0.3, -0.25) is 14.4 Å². The first-order valence-corrected chi connectivity index (χ1v) is 8.70. The summed E-state index contributed by atoms with van der Waals surface area (Å²) in [7, 11) is 0. The number of carbonyl (C=O) groups excluding carboxylic acids is 3. The number of nitrogens with one attached hydrogen (secondary N) is 1. The molecular formula is C19H19NO4S. The molecule has 130 valence electrons. The largest absolute Gasteiger partial charge is 0.455 e. The van der Waals surface area contributed by atoms with Crippen molar-refractivity contribution in [2.45, 2.75) is 18.7 Å². The molecule has 25 heavy (non-hydrogen) atoms. The number of esters is 1. The number of para-hydroxylation sites is 1. The standard InChI is InChI=1S/C19H19NO4S/c1-13-7-3-6-10-17(13)25-12-19(23)24-11-18(22)20-16-9-5-4-8-15(16)14(2)21/h3-10H,11-12H2,1-2H3,(H,20,22). The van der Waals surface area contributed by atoms with Gasteiger partial charge in [0.15, 0.2) is 12.4 Å². The lowest BCUT2D eigenvalue weighted by Gasteiger charge is -2.09. The summed E-state index contributed by atoms with van der Waals surface area (Å²) in [5.74, 6) is -0.976. The number of hydrogen-bond donors (Lipinski definition) is 1. The Balaban J connectivity index is 1.81. The summed E-state index contributed by atoms with van der Waals surface area (Å²) in [6.45, 7) is 3.00. The molecule has 2 aromatic rings. The van der Waals surface area contributed by atoms with E-state index in [1.165, 1.54) is 18.7 Å². The van der Waals surface area contributed by atoms with Crippen LogP contribution < -0.4 is 5.32 Å². The molecule has 0 aromatic heterocycles. The van der Waals surface area contributed by atoms with Crippen molar-refractivity contribution in [3.05, 3.63) is 59.7 Å². The average Bonchev–Trinajstić information content (AvgIpc) is 2.59. The van der Waals surface area contributed by atoms with Crippen molar-refractivity contribution in [3.8, 4) is 0 Å². The zero-order valence-corrected chi connectivity index (χ0v) is 14.9. The third-order valence-electron chi connectivity index (χ3n) is 3.38. The normalized spacial score (nSPS) is 10.2. The lowest BCUT2D eigenvalue weighted by molar-refractivity contribution is -0.144. The van der Waals surface area contributed by atoms with Gasteiger partial charge in [0.05, 0.1) is 11.4 Å². The number of aryl methyl sites for hydroxylation is 1. The maximum Gasteiger partial charge on any atom is 0.316 e. The number of hydrogen-bond acceptors (Lipinski definition) is 5. The van der Waals surface area contributed by atoms with Crippen LogP contribution in [0.5, 0.6) is 0 Å². The lowest BCUT2D eigenvalue weighted by Crippen LogP contribution is -2.22. The van der Waals surface area contributed by atoms with Gasteiger partial charge in [-0.25, -0.2) is 0 Å². The molecule has 1 N–H and O–H groups in total. The van der Waals surface area contributed by atoms with Gasteiger partial charge < -0.3 is 10.1 Å². The van der Waals surface area contributed by atoms with E-state index in [-0.39, 0.29) is 18.1 Å². The number of ether oxygens (including phenoxy) is 1. The molecule has 0 aliphatic heterocycles. The molecular weight excluding hydrogens is 338 g/mol. The van der Waals surface area contributed by atoms with Gasteiger partial charge in [-0.2, -0.15) is 0 Å². The fourth-order valence-electron chi connectivity index (χ4n) is 2.13. The summed E-state index contributed by atoms with van der Waals surface area (Å²) in [6, 6.07) is 14.4. The molecule has 2 aromatic carbocycles. The third-order valence-corrected chi connectivity index (χ3v) is 4.53. The van der Waals surface area contributed by atoms with Crippen LogP contribution in [-0.4, -0.2) is 30.0 Å². The molecule has 0 unspecified atom stereocenters. The van der Waals surface area contributed by atoms with Crippen LogP contribution in [0.4, 0.5) is 5.69 Å². The molecule has 0 saturated carbocycles. The van der Waals surface area contributed by atoms with E-state index in [0.29, 0.717) is 11.3 Å². The van der Waals surface area contributed by atoms with Crippen LogP contribution in [0.15, 0.2) is 53.4 Å². The summed E-state index contributed by atoms with van der Waals surface area (Å²) < 4.78 is 4.98. The molecule has 0 bridgehead atoms. The Labute approximate surface area is 150 Å². The van der Waals surface area contributed by atoms with Crippen molar-refractivity contribution in [2.75, 3.05) is 17.7 Å². The SMILES string of the molecule is CC(=O)c1ccccc1NC(=O)COC(=O)CSc1ccccc1C. The molecule has 0 aliphatic carbocycles. The Morgan fingerprint density at radius 3 is 2.44 bits per heavy atom. The van der Waals surface area contributed by atoms with Crippen LogP contribution >= 0.6 is 11.8 Å². The molecule has 0 fully saturated rings. The van der Waals surface area contributed by atoms with Crippen molar-refractivity contribution in [1.29, 1.82) is 0 Å². The highest BCUT2D eigenvalue weighted by atomic mass is 32.2.